The number of pyridine rings is 1. The van der Waals surface area contributed by atoms with Crippen LogP contribution in [0.3, 0.4) is 0 Å². The fourth-order valence-corrected chi connectivity index (χ4v) is 1.04. The van der Waals surface area contributed by atoms with Gasteiger partial charge in [0.2, 0.25) is 0 Å². The van der Waals surface area contributed by atoms with Crippen molar-refractivity contribution < 1.29 is 9.90 Å². The molecule has 4 nitrogen and oxygen atoms in total. The van der Waals surface area contributed by atoms with Gasteiger partial charge in [0.1, 0.15) is 0 Å². The van der Waals surface area contributed by atoms with Gasteiger partial charge in [0.15, 0.2) is 0 Å². The first kappa shape index (κ1) is 10.2. The van der Waals surface area contributed by atoms with Gasteiger partial charge in [-0.15, -0.1) is 0 Å². The first-order valence-corrected chi connectivity index (χ1v) is 4.13. The van der Waals surface area contributed by atoms with Crippen molar-refractivity contribution in [3.8, 4) is 0 Å². The summed E-state index contributed by atoms with van der Waals surface area (Å²) in [4.78, 5) is 16.5. The van der Waals surface area contributed by atoms with Crippen molar-refractivity contribution in [2.45, 2.75) is 0 Å². The van der Waals surface area contributed by atoms with Crippen molar-refractivity contribution in [3.05, 3.63) is 36.3 Å². The van der Waals surface area contributed by atoms with Crippen LogP contribution in [0.5, 0.6) is 0 Å². The van der Waals surface area contributed by atoms with Crippen LogP contribution < -0.4 is 0 Å². The molecule has 0 unspecified atom stereocenters. The Morgan fingerprint density at radius 1 is 1.43 bits per heavy atom. The van der Waals surface area contributed by atoms with E-state index in [2.05, 4.69) is 4.98 Å². The lowest BCUT2D eigenvalue weighted by Gasteiger charge is -2.08. The molecule has 4 heteroatoms. The summed E-state index contributed by atoms with van der Waals surface area (Å²) in [6.45, 7) is 0. The smallest absolute Gasteiger partial charge is 0.337 e. The third-order valence-electron chi connectivity index (χ3n) is 1.61. The molecule has 1 heterocycles. The standard InChI is InChI=1S/C10H12N2O2/c1-12(2)7-9(10(13)14)8-3-5-11-6-4-8/h3-7H,1-2H3,(H,13,14). The molecule has 0 saturated heterocycles. The minimum Gasteiger partial charge on any atom is -0.478 e. The zero-order valence-corrected chi connectivity index (χ0v) is 8.14. The highest BCUT2D eigenvalue weighted by atomic mass is 16.4. The second kappa shape index (κ2) is 4.41. The van der Waals surface area contributed by atoms with Crippen LogP contribution in [-0.2, 0) is 4.79 Å². The average Bonchev–Trinajstić information content (AvgIpc) is 2.15. The quantitative estimate of drug-likeness (QED) is 0.728. The number of nitrogens with zero attached hydrogens (tertiary/aromatic N) is 2. The van der Waals surface area contributed by atoms with Crippen LogP contribution in [0, 0.1) is 0 Å². The number of carboxylic acid groups (broad SMARTS) is 1. The normalized spacial score (nSPS) is 11.1. The number of hydrogen-bond acceptors (Lipinski definition) is 3. The van der Waals surface area contributed by atoms with Crippen molar-refractivity contribution >= 4 is 11.5 Å². The lowest BCUT2D eigenvalue weighted by Crippen LogP contribution is -2.08. The second-order valence-electron chi connectivity index (χ2n) is 3.05. The molecule has 1 aromatic heterocycles. The molecule has 0 aromatic carbocycles. The number of carboxylic acids is 1. The van der Waals surface area contributed by atoms with Crippen molar-refractivity contribution in [2.75, 3.05) is 14.1 Å². The van der Waals surface area contributed by atoms with Crippen LogP contribution >= 0.6 is 0 Å². The Bertz CT molecular complexity index is 344. The summed E-state index contributed by atoms with van der Waals surface area (Å²) in [5.74, 6) is -0.940. The number of hydrogen-bond donors (Lipinski definition) is 1. The molecular formula is C10H12N2O2. The molecule has 74 valence electrons. The Kier molecular flexibility index (Phi) is 3.23. The van der Waals surface area contributed by atoms with Gasteiger partial charge in [-0.3, -0.25) is 4.98 Å². The summed E-state index contributed by atoms with van der Waals surface area (Å²) in [5.41, 5.74) is 0.915. The monoisotopic (exact) mass is 192 g/mol. The van der Waals surface area contributed by atoms with Crippen molar-refractivity contribution in [3.63, 3.8) is 0 Å². The van der Waals surface area contributed by atoms with Crippen LogP contribution in [0.2, 0.25) is 0 Å². The molecule has 0 fully saturated rings. The molecule has 0 bridgehead atoms. The molecule has 0 spiro atoms. The van der Waals surface area contributed by atoms with Crippen LogP contribution in [0.25, 0.3) is 5.57 Å². The number of aromatic nitrogens is 1. The highest BCUT2D eigenvalue weighted by molar-refractivity contribution is 6.15. The van der Waals surface area contributed by atoms with Crippen molar-refractivity contribution in [2.24, 2.45) is 0 Å². The second-order valence-corrected chi connectivity index (χ2v) is 3.05. The highest BCUT2D eigenvalue weighted by Crippen LogP contribution is 2.13. The fraction of sp³-hybridized carbons (Fsp3) is 0.200. The van der Waals surface area contributed by atoms with Gasteiger partial charge in [0, 0.05) is 32.7 Å². The lowest BCUT2D eigenvalue weighted by atomic mass is 10.1. The fourth-order valence-electron chi connectivity index (χ4n) is 1.04. The maximum Gasteiger partial charge on any atom is 0.337 e. The predicted octanol–water partition coefficient (Wildman–Crippen LogP) is 1.07. The lowest BCUT2D eigenvalue weighted by molar-refractivity contribution is -0.130. The molecule has 0 atom stereocenters. The van der Waals surface area contributed by atoms with E-state index in [4.69, 9.17) is 5.11 Å². The Morgan fingerprint density at radius 3 is 2.43 bits per heavy atom. The van der Waals surface area contributed by atoms with Crippen molar-refractivity contribution in [1.29, 1.82) is 0 Å². The van der Waals surface area contributed by atoms with Gasteiger partial charge in [-0.25, -0.2) is 4.79 Å². The van der Waals surface area contributed by atoms with Gasteiger partial charge >= 0.3 is 5.97 Å². The highest BCUT2D eigenvalue weighted by Gasteiger charge is 2.09. The number of carbonyl (C=O) groups is 1. The maximum atomic E-state index is 10.9. The van der Waals surface area contributed by atoms with E-state index in [1.54, 1.807) is 49.7 Å². The summed E-state index contributed by atoms with van der Waals surface area (Å²) in [7, 11) is 3.56. The van der Waals surface area contributed by atoms with Gasteiger partial charge in [0.25, 0.3) is 0 Å². The Labute approximate surface area is 82.5 Å². The third kappa shape index (κ3) is 2.58. The topological polar surface area (TPSA) is 53.4 Å². The van der Waals surface area contributed by atoms with E-state index in [9.17, 15) is 4.79 Å². The predicted molar refractivity (Wildman–Crippen MR) is 53.5 cm³/mol. The van der Waals surface area contributed by atoms with E-state index in [1.807, 2.05) is 0 Å². The van der Waals surface area contributed by atoms with E-state index < -0.39 is 5.97 Å². The zero-order chi connectivity index (χ0) is 10.6. The van der Waals surface area contributed by atoms with Crippen LogP contribution in [0.15, 0.2) is 30.7 Å². The molecule has 1 N–H and O–H groups in total. The molecule has 1 aromatic rings. The molecule has 0 radical (unpaired) electrons. The Morgan fingerprint density at radius 2 is 2.00 bits per heavy atom. The first-order chi connectivity index (χ1) is 6.61. The van der Waals surface area contributed by atoms with Gasteiger partial charge < -0.3 is 10.0 Å². The SMILES string of the molecule is CN(C)C=C(C(=O)O)c1ccncc1. The third-order valence-corrected chi connectivity index (χ3v) is 1.61. The van der Waals surface area contributed by atoms with Crippen LogP contribution in [0.1, 0.15) is 5.56 Å². The molecule has 0 saturated carbocycles. The summed E-state index contributed by atoms with van der Waals surface area (Å²) in [5, 5.41) is 8.96. The molecule has 14 heavy (non-hydrogen) atoms. The van der Waals surface area contributed by atoms with Gasteiger partial charge in [-0.1, -0.05) is 0 Å². The Balaban J connectivity index is 3.08. The summed E-state index contributed by atoms with van der Waals surface area (Å²) in [6, 6.07) is 3.34. The summed E-state index contributed by atoms with van der Waals surface area (Å²) >= 11 is 0. The van der Waals surface area contributed by atoms with Crippen LogP contribution in [-0.4, -0.2) is 35.1 Å². The van der Waals surface area contributed by atoms with E-state index >= 15 is 0 Å². The van der Waals surface area contributed by atoms with E-state index in [-0.39, 0.29) is 5.57 Å². The van der Waals surface area contributed by atoms with E-state index in [0.29, 0.717) is 5.56 Å². The average molecular weight is 192 g/mol. The van der Waals surface area contributed by atoms with Gasteiger partial charge in [0.05, 0.1) is 5.57 Å². The van der Waals surface area contributed by atoms with Gasteiger partial charge in [-0.05, 0) is 17.7 Å². The zero-order valence-electron chi connectivity index (χ0n) is 8.14. The molecule has 0 aliphatic heterocycles. The van der Waals surface area contributed by atoms with E-state index in [0.717, 1.165) is 0 Å². The summed E-state index contributed by atoms with van der Waals surface area (Å²) < 4.78 is 0. The first-order valence-electron chi connectivity index (χ1n) is 4.13. The maximum absolute atomic E-state index is 10.9. The number of aliphatic carboxylic acids is 1. The Hall–Kier alpha value is -1.84. The minimum atomic E-state index is -0.940. The summed E-state index contributed by atoms with van der Waals surface area (Å²) in [6.07, 6.45) is 4.71. The molecule has 0 amide bonds. The molecule has 0 aliphatic rings. The minimum absolute atomic E-state index is 0.261. The van der Waals surface area contributed by atoms with Crippen molar-refractivity contribution in [1.82, 2.24) is 9.88 Å². The molecular weight excluding hydrogens is 180 g/mol. The van der Waals surface area contributed by atoms with Gasteiger partial charge in [-0.2, -0.15) is 0 Å². The molecule has 1 rings (SSSR count). The van der Waals surface area contributed by atoms with Crippen LogP contribution in [0.4, 0.5) is 0 Å². The largest absolute Gasteiger partial charge is 0.478 e. The number of rotatable bonds is 3. The molecule has 0 aliphatic carbocycles. The van der Waals surface area contributed by atoms with E-state index in [1.165, 1.54) is 0 Å².